The second-order valence-electron chi connectivity index (χ2n) is 4.29. The predicted molar refractivity (Wildman–Crippen MR) is 74.0 cm³/mol. The van der Waals surface area contributed by atoms with Crippen molar-refractivity contribution in [3.8, 4) is 0 Å². The number of pyridine rings is 1. The Morgan fingerprint density at radius 1 is 1.39 bits per heavy atom. The van der Waals surface area contributed by atoms with Crippen molar-refractivity contribution >= 4 is 11.5 Å². The van der Waals surface area contributed by atoms with Crippen molar-refractivity contribution in [3.05, 3.63) is 42.0 Å². The molecule has 0 unspecified atom stereocenters. The molecule has 0 aliphatic carbocycles. The van der Waals surface area contributed by atoms with Gasteiger partial charge in [-0.25, -0.2) is 4.98 Å². The van der Waals surface area contributed by atoms with Crippen molar-refractivity contribution in [1.82, 2.24) is 4.98 Å². The average Bonchev–Trinajstić information content (AvgIpc) is 2.76. The van der Waals surface area contributed by atoms with Crippen LogP contribution in [-0.2, 0) is 6.54 Å². The van der Waals surface area contributed by atoms with E-state index in [0.717, 1.165) is 30.4 Å². The first-order valence-corrected chi connectivity index (χ1v) is 6.14. The summed E-state index contributed by atoms with van der Waals surface area (Å²) in [6.45, 7) is 5.76. The van der Waals surface area contributed by atoms with Gasteiger partial charge in [-0.05, 0) is 26.0 Å². The minimum Gasteiger partial charge on any atom is -0.469 e. The highest BCUT2D eigenvalue weighted by atomic mass is 16.3. The van der Waals surface area contributed by atoms with E-state index in [1.165, 1.54) is 5.56 Å². The Morgan fingerprint density at radius 2 is 2.22 bits per heavy atom. The number of hydrogen-bond donors (Lipinski definition) is 1. The van der Waals surface area contributed by atoms with E-state index < -0.39 is 0 Å². The van der Waals surface area contributed by atoms with E-state index in [1.807, 2.05) is 25.3 Å². The van der Waals surface area contributed by atoms with Crippen LogP contribution in [0.2, 0.25) is 0 Å². The normalized spacial score (nSPS) is 10.4. The average molecular weight is 245 g/mol. The molecule has 0 fully saturated rings. The molecule has 0 aliphatic rings. The van der Waals surface area contributed by atoms with Crippen LogP contribution in [-0.4, -0.2) is 18.6 Å². The van der Waals surface area contributed by atoms with Gasteiger partial charge in [-0.15, -0.1) is 0 Å². The second kappa shape index (κ2) is 5.58. The van der Waals surface area contributed by atoms with Gasteiger partial charge in [-0.1, -0.05) is 0 Å². The molecule has 0 bridgehead atoms. The molecule has 0 amide bonds. The van der Waals surface area contributed by atoms with E-state index in [-0.39, 0.29) is 0 Å². The molecule has 0 aromatic carbocycles. The zero-order valence-electron chi connectivity index (χ0n) is 11.1. The Hall–Kier alpha value is -1.97. The minimum absolute atomic E-state index is 0.831. The fourth-order valence-electron chi connectivity index (χ4n) is 1.86. The van der Waals surface area contributed by atoms with E-state index in [9.17, 15) is 0 Å². The molecule has 0 radical (unpaired) electrons. The van der Waals surface area contributed by atoms with Crippen LogP contribution in [0.15, 0.2) is 35.1 Å². The van der Waals surface area contributed by atoms with Crippen LogP contribution in [0.25, 0.3) is 0 Å². The summed E-state index contributed by atoms with van der Waals surface area (Å²) in [5, 5.41) is 3.22. The van der Waals surface area contributed by atoms with Gasteiger partial charge in [0.15, 0.2) is 0 Å². The van der Waals surface area contributed by atoms with Gasteiger partial charge in [-0.3, -0.25) is 0 Å². The maximum Gasteiger partial charge on any atom is 0.127 e. The first kappa shape index (κ1) is 12.5. The largest absolute Gasteiger partial charge is 0.469 e. The van der Waals surface area contributed by atoms with E-state index >= 15 is 0 Å². The van der Waals surface area contributed by atoms with Crippen LogP contribution in [0, 0.1) is 6.92 Å². The van der Waals surface area contributed by atoms with Crippen molar-refractivity contribution in [2.75, 3.05) is 23.8 Å². The summed E-state index contributed by atoms with van der Waals surface area (Å²) in [4.78, 5) is 6.45. The lowest BCUT2D eigenvalue weighted by Crippen LogP contribution is -2.16. The molecule has 0 atom stereocenters. The molecule has 0 aliphatic heterocycles. The van der Waals surface area contributed by atoms with E-state index in [0.29, 0.717) is 0 Å². The molecule has 0 spiro atoms. The standard InChI is InChI=1S/C14H19N3O/c1-4-15-14-9-13(5-7-16-14)17(3)10-12-6-8-18-11(12)2/h5-9H,4,10H2,1-3H3,(H,15,16). The first-order chi connectivity index (χ1) is 8.70. The summed E-state index contributed by atoms with van der Waals surface area (Å²) in [6, 6.07) is 6.08. The molecular weight excluding hydrogens is 226 g/mol. The van der Waals surface area contributed by atoms with Crippen molar-refractivity contribution < 1.29 is 4.42 Å². The highest BCUT2D eigenvalue weighted by Gasteiger charge is 2.07. The Bertz CT molecular complexity index is 507. The lowest BCUT2D eigenvalue weighted by Gasteiger charge is -2.19. The molecular formula is C14H19N3O. The first-order valence-electron chi connectivity index (χ1n) is 6.14. The van der Waals surface area contributed by atoms with Gasteiger partial charge in [0.25, 0.3) is 0 Å². The Kier molecular flexibility index (Phi) is 3.87. The monoisotopic (exact) mass is 245 g/mol. The van der Waals surface area contributed by atoms with Gasteiger partial charge in [0.1, 0.15) is 11.6 Å². The third-order valence-corrected chi connectivity index (χ3v) is 2.92. The van der Waals surface area contributed by atoms with Crippen LogP contribution in [0.4, 0.5) is 11.5 Å². The summed E-state index contributed by atoms with van der Waals surface area (Å²) in [5.74, 6) is 1.88. The molecule has 4 heteroatoms. The molecule has 18 heavy (non-hydrogen) atoms. The summed E-state index contributed by atoms with van der Waals surface area (Å²) in [5.41, 5.74) is 2.35. The fourth-order valence-corrected chi connectivity index (χ4v) is 1.86. The molecule has 2 rings (SSSR count). The van der Waals surface area contributed by atoms with Crippen molar-refractivity contribution in [1.29, 1.82) is 0 Å². The lowest BCUT2D eigenvalue weighted by atomic mass is 10.2. The summed E-state index contributed by atoms with van der Waals surface area (Å²) >= 11 is 0. The molecule has 2 heterocycles. The number of anilines is 2. The van der Waals surface area contributed by atoms with Crippen molar-refractivity contribution in [3.63, 3.8) is 0 Å². The quantitative estimate of drug-likeness (QED) is 0.879. The molecule has 4 nitrogen and oxygen atoms in total. The molecule has 1 N–H and O–H groups in total. The zero-order valence-corrected chi connectivity index (χ0v) is 11.1. The number of aromatic nitrogens is 1. The van der Waals surface area contributed by atoms with Crippen LogP contribution >= 0.6 is 0 Å². The van der Waals surface area contributed by atoms with Gasteiger partial charge < -0.3 is 14.6 Å². The fraction of sp³-hybridized carbons (Fsp3) is 0.357. The molecule has 96 valence electrons. The second-order valence-corrected chi connectivity index (χ2v) is 4.29. The number of nitrogens with one attached hydrogen (secondary N) is 1. The van der Waals surface area contributed by atoms with Gasteiger partial charge in [0, 0.05) is 43.7 Å². The minimum atomic E-state index is 0.831. The molecule has 2 aromatic rings. The number of rotatable bonds is 5. The maximum absolute atomic E-state index is 5.31. The van der Waals surface area contributed by atoms with E-state index in [4.69, 9.17) is 4.42 Å². The number of furan rings is 1. The van der Waals surface area contributed by atoms with E-state index in [2.05, 4.69) is 35.2 Å². The number of aryl methyl sites for hydroxylation is 1. The van der Waals surface area contributed by atoms with Gasteiger partial charge in [-0.2, -0.15) is 0 Å². The van der Waals surface area contributed by atoms with Crippen LogP contribution in [0.1, 0.15) is 18.2 Å². The highest BCUT2D eigenvalue weighted by Crippen LogP contribution is 2.19. The smallest absolute Gasteiger partial charge is 0.127 e. The van der Waals surface area contributed by atoms with Crippen LogP contribution in [0.5, 0.6) is 0 Å². The highest BCUT2D eigenvalue weighted by molar-refractivity contribution is 5.53. The molecule has 0 saturated carbocycles. The van der Waals surface area contributed by atoms with E-state index in [1.54, 1.807) is 6.26 Å². The van der Waals surface area contributed by atoms with Crippen molar-refractivity contribution in [2.24, 2.45) is 0 Å². The lowest BCUT2D eigenvalue weighted by molar-refractivity contribution is 0.529. The van der Waals surface area contributed by atoms with Crippen LogP contribution in [0.3, 0.4) is 0 Å². The number of hydrogen-bond acceptors (Lipinski definition) is 4. The Labute approximate surface area is 108 Å². The van der Waals surface area contributed by atoms with Gasteiger partial charge >= 0.3 is 0 Å². The zero-order chi connectivity index (χ0) is 13.0. The predicted octanol–water partition coefficient (Wildman–Crippen LogP) is 3.05. The maximum atomic E-state index is 5.31. The Balaban J connectivity index is 2.11. The molecule has 0 saturated heterocycles. The van der Waals surface area contributed by atoms with Crippen molar-refractivity contribution in [2.45, 2.75) is 20.4 Å². The summed E-state index contributed by atoms with van der Waals surface area (Å²) in [6.07, 6.45) is 3.56. The topological polar surface area (TPSA) is 41.3 Å². The Morgan fingerprint density at radius 3 is 2.89 bits per heavy atom. The van der Waals surface area contributed by atoms with Gasteiger partial charge in [0.2, 0.25) is 0 Å². The van der Waals surface area contributed by atoms with Gasteiger partial charge in [0.05, 0.1) is 6.26 Å². The summed E-state index contributed by atoms with van der Waals surface area (Å²) < 4.78 is 5.31. The SMILES string of the molecule is CCNc1cc(N(C)Cc2ccoc2C)ccn1. The number of nitrogens with zero attached hydrogens (tertiary/aromatic N) is 2. The molecule has 2 aromatic heterocycles. The van der Waals surface area contributed by atoms with Crippen LogP contribution < -0.4 is 10.2 Å². The summed E-state index contributed by atoms with van der Waals surface area (Å²) in [7, 11) is 2.07. The third kappa shape index (κ3) is 2.83. The third-order valence-electron chi connectivity index (χ3n) is 2.92.